The fraction of sp³-hybridized carbons (Fsp3) is 0.161. The normalized spacial score (nSPS) is 10.6. The van der Waals surface area contributed by atoms with E-state index in [4.69, 9.17) is 30.8 Å². The number of anilines is 3. The van der Waals surface area contributed by atoms with E-state index < -0.39 is 11.7 Å². The van der Waals surface area contributed by atoms with Crippen LogP contribution in [0.15, 0.2) is 82.0 Å². The predicted molar refractivity (Wildman–Crippen MR) is 174 cm³/mol. The van der Waals surface area contributed by atoms with E-state index in [1.807, 2.05) is 37.3 Å². The topological polar surface area (TPSA) is 162 Å². The number of rotatable bonds is 10. The van der Waals surface area contributed by atoms with Crippen molar-refractivity contribution >= 4 is 51.9 Å². The van der Waals surface area contributed by atoms with Crippen molar-refractivity contribution in [3.8, 4) is 23.3 Å². The lowest BCUT2D eigenvalue weighted by Crippen LogP contribution is -2.31. The summed E-state index contributed by atoms with van der Waals surface area (Å²) in [7, 11) is 3.16. The SMILES string of the molecule is COc1ccc(CCNC(=S)Nc2nc(NC(=O)Nc3ccccc3C)nc(Oc3cc(=O)oc4ccccc34)n2)cc1OC. The van der Waals surface area contributed by atoms with E-state index >= 15 is 0 Å². The molecule has 0 saturated carbocycles. The Hall–Kier alpha value is -5.76. The number of nitrogens with one attached hydrogen (secondary N) is 4. The number of thiocarbonyl (C=S) groups is 1. The second-order valence-corrected chi connectivity index (χ2v) is 9.92. The Morgan fingerprint density at radius 2 is 1.58 bits per heavy atom. The van der Waals surface area contributed by atoms with Crippen molar-refractivity contribution in [1.29, 1.82) is 0 Å². The molecule has 2 amide bonds. The molecular formula is C31H29N7O6S. The Bertz CT molecular complexity index is 1920. The summed E-state index contributed by atoms with van der Waals surface area (Å²) in [5, 5.41) is 12.1. The maximum Gasteiger partial charge on any atom is 0.339 e. The number of benzene rings is 3. The molecule has 3 aromatic carbocycles. The van der Waals surface area contributed by atoms with Crippen molar-refractivity contribution in [1.82, 2.24) is 20.3 Å². The van der Waals surface area contributed by atoms with Crippen LogP contribution in [0, 0.1) is 6.92 Å². The minimum atomic E-state index is -0.619. The molecule has 0 radical (unpaired) electrons. The van der Waals surface area contributed by atoms with E-state index in [-0.39, 0.29) is 28.8 Å². The number of ether oxygens (including phenoxy) is 3. The third-order valence-corrected chi connectivity index (χ3v) is 6.67. The summed E-state index contributed by atoms with van der Waals surface area (Å²) in [6.07, 6.45) is 0.628. The first-order valence-electron chi connectivity index (χ1n) is 13.7. The number of hydrogen-bond acceptors (Lipinski definition) is 10. The van der Waals surface area contributed by atoms with Crippen molar-refractivity contribution in [3.05, 3.63) is 94.3 Å². The van der Waals surface area contributed by atoms with Crippen LogP contribution in [0.3, 0.4) is 0 Å². The number of carbonyl (C=O) groups excluding carboxylic acids is 1. The predicted octanol–water partition coefficient (Wildman–Crippen LogP) is 5.27. The molecule has 0 bridgehead atoms. The average molecular weight is 628 g/mol. The highest BCUT2D eigenvalue weighted by atomic mass is 32.1. The number of hydrogen-bond donors (Lipinski definition) is 4. The molecule has 0 fully saturated rings. The number of fused-ring (bicyclic) bond motifs is 1. The van der Waals surface area contributed by atoms with E-state index in [0.29, 0.717) is 41.1 Å². The van der Waals surface area contributed by atoms with Gasteiger partial charge in [-0.3, -0.25) is 5.32 Å². The Morgan fingerprint density at radius 3 is 2.36 bits per heavy atom. The number of aryl methyl sites for hydroxylation is 1. The van der Waals surface area contributed by atoms with Crippen LogP contribution in [-0.2, 0) is 6.42 Å². The molecule has 45 heavy (non-hydrogen) atoms. The van der Waals surface area contributed by atoms with Gasteiger partial charge in [0, 0.05) is 12.2 Å². The third-order valence-electron chi connectivity index (χ3n) is 6.42. The highest BCUT2D eigenvalue weighted by Gasteiger charge is 2.15. The fourth-order valence-electron chi connectivity index (χ4n) is 4.25. The van der Waals surface area contributed by atoms with Crippen LogP contribution >= 0.6 is 12.2 Å². The van der Waals surface area contributed by atoms with Crippen molar-refractivity contribution in [3.63, 3.8) is 0 Å². The molecule has 0 atom stereocenters. The molecule has 14 heteroatoms. The quantitative estimate of drug-likeness (QED) is 0.117. The largest absolute Gasteiger partial charge is 0.493 e. The Labute approximate surface area is 263 Å². The number of para-hydroxylation sites is 2. The summed E-state index contributed by atoms with van der Waals surface area (Å²) < 4.78 is 21.8. The molecule has 0 spiro atoms. The average Bonchev–Trinajstić information content (AvgIpc) is 3.02. The summed E-state index contributed by atoms with van der Waals surface area (Å²) in [6.45, 7) is 2.35. The molecule has 0 aliphatic heterocycles. The molecule has 5 aromatic rings. The lowest BCUT2D eigenvalue weighted by atomic mass is 10.1. The zero-order valence-electron chi connectivity index (χ0n) is 24.5. The molecule has 0 unspecified atom stereocenters. The van der Waals surface area contributed by atoms with Gasteiger partial charge < -0.3 is 34.6 Å². The minimum absolute atomic E-state index is 0.0120. The summed E-state index contributed by atoms with van der Waals surface area (Å²) in [5.41, 5.74) is 2.19. The Morgan fingerprint density at radius 1 is 0.844 bits per heavy atom. The number of methoxy groups -OCH3 is 2. The van der Waals surface area contributed by atoms with Crippen LogP contribution in [0.25, 0.3) is 11.0 Å². The Kier molecular flexibility index (Phi) is 9.64. The van der Waals surface area contributed by atoms with Crippen LogP contribution < -0.4 is 41.1 Å². The van der Waals surface area contributed by atoms with E-state index in [9.17, 15) is 9.59 Å². The van der Waals surface area contributed by atoms with Crippen LogP contribution in [0.5, 0.6) is 23.3 Å². The van der Waals surface area contributed by atoms with Gasteiger partial charge in [-0.05, 0) is 67.0 Å². The highest BCUT2D eigenvalue weighted by Crippen LogP contribution is 2.29. The first kappa shape index (κ1) is 30.7. The van der Waals surface area contributed by atoms with Crippen molar-refractivity contribution in [2.45, 2.75) is 13.3 Å². The van der Waals surface area contributed by atoms with E-state index in [1.54, 1.807) is 50.6 Å². The fourth-order valence-corrected chi connectivity index (χ4v) is 4.44. The van der Waals surface area contributed by atoms with Crippen molar-refractivity contribution < 1.29 is 23.4 Å². The number of amides is 2. The van der Waals surface area contributed by atoms with Crippen LogP contribution in [0.1, 0.15) is 11.1 Å². The maximum absolute atomic E-state index is 12.8. The summed E-state index contributed by atoms with van der Waals surface area (Å²) in [6, 6.07) is 20.2. The van der Waals surface area contributed by atoms with Gasteiger partial charge >= 0.3 is 17.7 Å². The molecular weight excluding hydrogens is 598 g/mol. The van der Waals surface area contributed by atoms with Crippen molar-refractivity contribution in [2.24, 2.45) is 0 Å². The van der Waals surface area contributed by atoms with Crippen LogP contribution in [-0.4, -0.2) is 46.9 Å². The van der Waals surface area contributed by atoms with Crippen LogP contribution in [0.4, 0.5) is 22.4 Å². The number of nitrogens with zero attached hydrogens (tertiary/aromatic N) is 3. The maximum atomic E-state index is 12.8. The van der Waals surface area contributed by atoms with Gasteiger partial charge in [-0.15, -0.1) is 0 Å². The molecule has 4 N–H and O–H groups in total. The van der Waals surface area contributed by atoms with Crippen LogP contribution in [0.2, 0.25) is 0 Å². The lowest BCUT2D eigenvalue weighted by Gasteiger charge is -2.13. The monoisotopic (exact) mass is 627 g/mol. The Balaban J connectivity index is 1.34. The molecule has 2 heterocycles. The molecule has 0 aliphatic carbocycles. The zero-order chi connectivity index (χ0) is 31.8. The second kappa shape index (κ2) is 14.1. The highest BCUT2D eigenvalue weighted by molar-refractivity contribution is 7.80. The van der Waals surface area contributed by atoms with Gasteiger partial charge in [0.25, 0.3) is 0 Å². The lowest BCUT2D eigenvalue weighted by molar-refractivity contribution is 0.262. The van der Waals surface area contributed by atoms with Gasteiger partial charge in [0.15, 0.2) is 16.6 Å². The van der Waals surface area contributed by atoms with E-state index in [1.165, 1.54) is 6.07 Å². The van der Waals surface area contributed by atoms with Gasteiger partial charge in [0.2, 0.25) is 11.9 Å². The number of carbonyl (C=O) groups is 1. The molecule has 13 nitrogen and oxygen atoms in total. The molecule has 0 saturated heterocycles. The summed E-state index contributed by atoms with van der Waals surface area (Å²) >= 11 is 5.46. The van der Waals surface area contributed by atoms with E-state index in [0.717, 1.165) is 11.1 Å². The summed E-state index contributed by atoms with van der Waals surface area (Å²) in [4.78, 5) is 37.8. The molecule has 5 rings (SSSR count). The zero-order valence-corrected chi connectivity index (χ0v) is 25.4. The third kappa shape index (κ3) is 8.00. The minimum Gasteiger partial charge on any atom is -0.493 e. The number of urea groups is 1. The first-order chi connectivity index (χ1) is 21.8. The first-order valence-corrected chi connectivity index (χ1v) is 14.1. The van der Waals surface area contributed by atoms with Gasteiger partial charge in [-0.1, -0.05) is 36.4 Å². The van der Waals surface area contributed by atoms with Gasteiger partial charge in [-0.25, -0.2) is 9.59 Å². The molecule has 0 aliphatic rings. The van der Waals surface area contributed by atoms with Gasteiger partial charge in [0.1, 0.15) is 11.3 Å². The van der Waals surface area contributed by atoms with E-state index in [2.05, 4.69) is 36.2 Å². The second-order valence-electron chi connectivity index (χ2n) is 9.51. The van der Waals surface area contributed by atoms with Gasteiger partial charge in [0.05, 0.1) is 25.7 Å². The smallest absolute Gasteiger partial charge is 0.339 e. The van der Waals surface area contributed by atoms with Crippen molar-refractivity contribution in [2.75, 3.05) is 36.7 Å². The van der Waals surface area contributed by atoms with Gasteiger partial charge in [-0.2, -0.15) is 15.0 Å². The molecule has 230 valence electrons. The molecule has 2 aromatic heterocycles. The number of aromatic nitrogens is 3. The standard InChI is InChI=1S/C31H29N7O6S/c1-18-8-4-6-10-21(18)33-29(40)35-27-34-28(38-31(45)32-15-14-19-12-13-23(41-2)25(16-19)42-3)37-30(36-27)44-24-17-26(39)43-22-11-7-5-9-20(22)24/h4-13,16-17H,14-15H2,1-3H3,(H4,32,33,34,35,36,37,38,40,45). The summed E-state index contributed by atoms with van der Waals surface area (Å²) in [5.74, 6) is 1.28.